The zero-order chi connectivity index (χ0) is 14.1. The Balaban J connectivity index is 1.65. The second-order valence-corrected chi connectivity index (χ2v) is 9.64. The molecule has 0 bridgehead atoms. The van der Waals surface area contributed by atoms with Crippen LogP contribution in [0.15, 0.2) is 0 Å². The largest absolute Gasteiger partial charge is 0.410 e. The summed E-state index contributed by atoms with van der Waals surface area (Å²) in [5.74, 6) is 0.0686. The molecule has 4 fully saturated rings. The summed E-state index contributed by atoms with van der Waals surface area (Å²) in [5.41, 5.74) is -1.10. The number of carbonyl (C=O) groups is 2. The highest BCUT2D eigenvalue weighted by molar-refractivity contribution is 8.01. The third-order valence-electron chi connectivity index (χ3n) is 4.66. The summed E-state index contributed by atoms with van der Waals surface area (Å²) >= 11 is 1.44. The van der Waals surface area contributed by atoms with E-state index in [0.29, 0.717) is 18.6 Å². The molecule has 4 saturated heterocycles. The van der Waals surface area contributed by atoms with Gasteiger partial charge in [-0.1, -0.05) is 0 Å². The highest BCUT2D eigenvalue weighted by Gasteiger charge is 2.71. The molecule has 2 N–H and O–H groups in total. The fraction of sp³-hybridized carbons (Fsp3) is 0.727. The lowest BCUT2D eigenvalue weighted by atomic mass is 9.89. The fourth-order valence-electron chi connectivity index (χ4n) is 3.50. The van der Waals surface area contributed by atoms with Gasteiger partial charge in [-0.15, -0.1) is 11.8 Å². The Morgan fingerprint density at radius 1 is 1.40 bits per heavy atom. The first kappa shape index (κ1) is 12.7. The summed E-state index contributed by atoms with van der Waals surface area (Å²) in [6, 6.07) is -0.729. The van der Waals surface area contributed by atoms with E-state index in [1.165, 1.54) is 11.8 Å². The molecular formula is C11H12N2O5PS. The first-order valence-electron chi connectivity index (χ1n) is 6.43. The summed E-state index contributed by atoms with van der Waals surface area (Å²) in [4.78, 5) is 34.6. The average Bonchev–Trinajstić information content (AvgIpc) is 2.67. The maximum atomic E-state index is 12.5. The first-order valence-corrected chi connectivity index (χ1v) is 9.18. The quantitative estimate of drug-likeness (QED) is 0.521. The molecule has 20 heavy (non-hydrogen) atoms. The van der Waals surface area contributed by atoms with E-state index in [1.54, 1.807) is 6.29 Å². The smallest absolute Gasteiger partial charge is 0.329 e. The Labute approximate surface area is 119 Å². The van der Waals surface area contributed by atoms with Gasteiger partial charge in [0.1, 0.15) is 10.4 Å². The Morgan fingerprint density at radius 2 is 2.20 bits per heavy atom. The van der Waals surface area contributed by atoms with Gasteiger partial charge >= 0.3 is 12.0 Å². The number of urea groups is 1. The normalized spacial score (nSPS) is 52.4. The highest BCUT2D eigenvalue weighted by atomic mass is 32.2. The van der Waals surface area contributed by atoms with Gasteiger partial charge in [0.05, 0.1) is 17.7 Å². The summed E-state index contributed by atoms with van der Waals surface area (Å²) in [6.07, 6.45) is 2.68. The van der Waals surface area contributed by atoms with Gasteiger partial charge in [0.25, 0.3) is 7.37 Å². The topological polar surface area (TPSA) is 102 Å². The molecule has 4 aliphatic rings. The molecule has 1 spiro atoms. The molecule has 4 aliphatic heterocycles. The van der Waals surface area contributed by atoms with Crippen molar-refractivity contribution in [1.29, 1.82) is 0 Å². The number of hydrogen-bond donors (Lipinski definition) is 2. The number of hydrogen-bond acceptors (Lipinski definition) is 6. The second kappa shape index (κ2) is 3.80. The zero-order valence-corrected chi connectivity index (χ0v) is 12.0. The standard InChI is InChI=1S/C11H12N2O5PS/c14-3-7-6-1-2-11(9(15)18-19(6,7)17)8-5(4-20-11)12-10(16)13-8/h5-8H,1-2,4H2,(H2,12,13,16)/t5-,6?,7?,8-,11-,19?/m0/s1. The molecule has 2 amide bonds. The van der Waals surface area contributed by atoms with Crippen molar-refractivity contribution in [2.75, 3.05) is 5.75 Å². The Bertz CT molecular complexity index is 583. The molecule has 0 aromatic rings. The molecule has 3 unspecified atom stereocenters. The van der Waals surface area contributed by atoms with Crippen molar-refractivity contribution >= 4 is 37.4 Å². The SMILES string of the molecule is O=[C]C1C2CC[C@@]3(SC[C@@H]4NC(=O)N[C@@H]43)C(=O)OP12=O. The maximum Gasteiger partial charge on any atom is 0.329 e. The zero-order valence-electron chi connectivity index (χ0n) is 10.3. The molecule has 1 radical (unpaired) electrons. The summed E-state index contributed by atoms with van der Waals surface area (Å²) < 4.78 is 16.7. The molecule has 0 aromatic carbocycles. The van der Waals surface area contributed by atoms with Crippen LogP contribution in [0, 0.1) is 0 Å². The van der Waals surface area contributed by atoms with Crippen LogP contribution in [0.4, 0.5) is 4.79 Å². The number of rotatable bonds is 1. The van der Waals surface area contributed by atoms with Crippen LogP contribution >= 0.6 is 19.1 Å². The van der Waals surface area contributed by atoms with E-state index in [0.717, 1.165) is 0 Å². The van der Waals surface area contributed by atoms with E-state index >= 15 is 0 Å². The predicted molar refractivity (Wildman–Crippen MR) is 70.6 cm³/mol. The van der Waals surface area contributed by atoms with Crippen LogP contribution in [0.2, 0.25) is 0 Å². The minimum absolute atomic E-state index is 0.108. The maximum absolute atomic E-state index is 12.5. The van der Waals surface area contributed by atoms with Gasteiger partial charge in [-0.25, -0.2) is 4.79 Å². The fourth-order valence-corrected chi connectivity index (χ4v) is 7.70. The van der Waals surface area contributed by atoms with Gasteiger partial charge in [-0.3, -0.25) is 14.2 Å². The Hall–Kier alpha value is -1.01. The predicted octanol–water partition coefficient (Wildman–Crippen LogP) is -0.00240. The summed E-state index contributed by atoms with van der Waals surface area (Å²) in [6.45, 7) is 0. The van der Waals surface area contributed by atoms with Crippen LogP contribution in [0.3, 0.4) is 0 Å². The molecule has 0 aromatic heterocycles. The van der Waals surface area contributed by atoms with E-state index in [2.05, 4.69) is 10.6 Å². The minimum Gasteiger partial charge on any atom is -0.410 e. The van der Waals surface area contributed by atoms with Gasteiger partial charge in [0.2, 0.25) is 6.29 Å². The van der Waals surface area contributed by atoms with Crippen LogP contribution in [-0.2, 0) is 18.7 Å². The van der Waals surface area contributed by atoms with Crippen LogP contribution in [0.1, 0.15) is 12.8 Å². The lowest BCUT2D eigenvalue weighted by molar-refractivity contribution is -0.137. The Kier molecular flexibility index (Phi) is 2.41. The van der Waals surface area contributed by atoms with Crippen molar-refractivity contribution in [3.05, 3.63) is 0 Å². The number of carbonyl (C=O) groups excluding carboxylic acids is 3. The number of thioether (sulfide) groups is 1. The lowest BCUT2D eigenvalue weighted by Gasteiger charge is -2.29. The van der Waals surface area contributed by atoms with E-state index in [4.69, 9.17) is 4.52 Å². The highest BCUT2D eigenvalue weighted by Crippen LogP contribution is 2.77. The van der Waals surface area contributed by atoms with Crippen LogP contribution in [-0.4, -0.2) is 52.2 Å². The van der Waals surface area contributed by atoms with E-state index in [-0.39, 0.29) is 23.8 Å². The van der Waals surface area contributed by atoms with Gasteiger partial charge in [0, 0.05) is 5.75 Å². The molecule has 4 heterocycles. The average molecular weight is 315 g/mol. The van der Waals surface area contributed by atoms with E-state index in [9.17, 15) is 18.9 Å². The molecule has 0 saturated carbocycles. The number of amides is 2. The monoisotopic (exact) mass is 315 g/mol. The van der Waals surface area contributed by atoms with Crippen molar-refractivity contribution in [3.63, 3.8) is 0 Å². The van der Waals surface area contributed by atoms with Crippen molar-refractivity contribution in [2.24, 2.45) is 0 Å². The molecule has 7 nitrogen and oxygen atoms in total. The van der Waals surface area contributed by atoms with Gasteiger partial charge in [-0.2, -0.15) is 0 Å². The number of fused-ring (bicyclic) bond motifs is 3. The lowest BCUT2D eigenvalue weighted by Crippen LogP contribution is -2.52. The van der Waals surface area contributed by atoms with Crippen LogP contribution in [0.5, 0.6) is 0 Å². The summed E-state index contributed by atoms with van der Waals surface area (Å²) in [7, 11) is -3.18. The van der Waals surface area contributed by atoms with Crippen molar-refractivity contribution in [2.45, 2.75) is 41.0 Å². The van der Waals surface area contributed by atoms with Crippen LogP contribution in [0.25, 0.3) is 0 Å². The minimum atomic E-state index is -3.18. The van der Waals surface area contributed by atoms with Gasteiger partial charge in [-0.05, 0) is 12.8 Å². The molecule has 4 rings (SSSR count). The molecule has 0 aliphatic carbocycles. The molecule has 6 atom stereocenters. The van der Waals surface area contributed by atoms with Crippen molar-refractivity contribution < 1.29 is 23.5 Å². The first-order chi connectivity index (χ1) is 9.51. The number of nitrogens with one attached hydrogen (secondary N) is 2. The van der Waals surface area contributed by atoms with E-state index in [1.807, 2.05) is 0 Å². The van der Waals surface area contributed by atoms with Gasteiger partial charge < -0.3 is 15.2 Å². The van der Waals surface area contributed by atoms with Crippen molar-refractivity contribution in [1.82, 2.24) is 10.6 Å². The second-order valence-electron chi connectivity index (χ2n) is 5.60. The summed E-state index contributed by atoms with van der Waals surface area (Å²) in [5, 5.41) is 5.53. The van der Waals surface area contributed by atoms with Crippen LogP contribution < -0.4 is 10.6 Å². The third kappa shape index (κ3) is 1.39. The third-order valence-corrected chi connectivity index (χ3v) is 9.15. The molecule has 9 heteroatoms. The van der Waals surface area contributed by atoms with Gasteiger partial charge in [0.15, 0.2) is 0 Å². The van der Waals surface area contributed by atoms with E-state index < -0.39 is 23.7 Å². The molecule has 107 valence electrons. The molecular weight excluding hydrogens is 303 g/mol. The Morgan fingerprint density at radius 3 is 2.95 bits per heavy atom. The van der Waals surface area contributed by atoms with Crippen molar-refractivity contribution in [3.8, 4) is 0 Å².